The standard InChI is InChI=1S/C14H18N2OS/c1-10-6-11(2)8-12(7-10)13-9-18-14(16-13)15-4-5-17-3/h6-9H,4-5H2,1-3H3,(H,15,16). The molecule has 0 saturated heterocycles. The molecule has 0 saturated carbocycles. The molecule has 1 N–H and O–H groups in total. The topological polar surface area (TPSA) is 34.1 Å². The van der Waals surface area contributed by atoms with Crippen LogP contribution in [-0.4, -0.2) is 25.2 Å². The Morgan fingerprint density at radius 2 is 1.94 bits per heavy atom. The van der Waals surface area contributed by atoms with Crippen LogP contribution >= 0.6 is 11.3 Å². The number of aryl methyl sites for hydroxylation is 2. The number of ether oxygens (including phenoxy) is 1. The largest absolute Gasteiger partial charge is 0.383 e. The number of anilines is 1. The SMILES string of the molecule is COCCNc1nc(-c2cc(C)cc(C)c2)cs1. The molecule has 1 heterocycles. The van der Waals surface area contributed by atoms with Gasteiger partial charge in [0.2, 0.25) is 0 Å². The van der Waals surface area contributed by atoms with Crippen molar-refractivity contribution >= 4 is 16.5 Å². The van der Waals surface area contributed by atoms with Gasteiger partial charge in [-0.05, 0) is 26.0 Å². The number of benzene rings is 1. The van der Waals surface area contributed by atoms with Crippen molar-refractivity contribution < 1.29 is 4.74 Å². The van der Waals surface area contributed by atoms with Gasteiger partial charge in [-0.1, -0.05) is 17.2 Å². The molecule has 1 aromatic carbocycles. The fraction of sp³-hybridized carbons (Fsp3) is 0.357. The van der Waals surface area contributed by atoms with Crippen LogP contribution in [0.3, 0.4) is 0 Å². The molecule has 0 amide bonds. The molecule has 96 valence electrons. The molecule has 0 bridgehead atoms. The lowest BCUT2D eigenvalue weighted by molar-refractivity contribution is 0.211. The number of aromatic nitrogens is 1. The van der Waals surface area contributed by atoms with Crippen molar-refractivity contribution in [1.82, 2.24) is 4.98 Å². The lowest BCUT2D eigenvalue weighted by Gasteiger charge is -2.02. The van der Waals surface area contributed by atoms with Crippen molar-refractivity contribution in [1.29, 1.82) is 0 Å². The van der Waals surface area contributed by atoms with Gasteiger partial charge in [0.15, 0.2) is 5.13 Å². The third-order valence-corrected chi connectivity index (χ3v) is 3.40. The second-order valence-corrected chi connectivity index (χ2v) is 5.19. The Bertz CT molecular complexity index is 502. The fourth-order valence-corrected chi connectivity index (χ4v) is 2.62. The van der Waals surface area contributed by atoms with Crippen molar-refractivity contribution in [3.05, 3.63) is 34.7 Å². The lowest BCUT2D eigenvalue weighted by atomic mass is 10.1. The number of nitrogens with one attached hydrogen (secondary N) is 1. The highest BCUT2D eigenvalue weighted by Crippen LogP contribution is 2.26. The Hall–Kier alpha value is -1.39. The maximum Gasteiger partial charge on any atom is 0.183 e. The molecule has 0 spiro atoms. The second kappa shape index (κ2) is 5.98. The second-order valence-electron chi connectivity index (χ2n) is 4.33. The van der Waals surface area contributed by atoms with E-state index in [0.29, 0.717) is 6.61 Å². The Labute approximate surface area is 112 Å². The normalized spacial score (nSPS) is 10.6. The van der Waals surface area contributed by atoms with Gasteiger partial charge in [-0.3, -0.25) is 0 Å². The summed E-state index contributed by atoms with van der Waals surface area (Å²) >= 11 is 1.63. The molecule has 4 heteroatoms. The van der Waals surface area contributed by atoms with Gasteiger partial charge in [0, 0.05) is 24.6 Å². The smallest absolute Gasteiger partial charge is 0.183 e. The quantitative estimate of drug-likeness (QED) is 0.838. The summed E-state index contributed by atoms with van der Waals surface area (Å²) in [6.45, 7) is 5.70. The number of rotatable bonds is 5. The van der Waals surface area contributed by atoms with Crippen LogP contribution in [0.1, 0.15) is 11.1 Å². The summed E-state index contributed by atoms with van der Waals surface area (Å²) in [6.07, 6.45) is 0. The lowest BCUT2D eigenvalue weighted by Crippen LogP contribution is -2.07. The fourth-order valence-electron chi connectivity index (χ4n) is 1.87. The zero-order valence-corrected chi connectivity index (χ0v) is 11.8. The highest BCUT2D eigenvalue weighted by atomic mass is 32.1. The minimum atomic E-state index is 0.693. The summed E-state index contributed by atoms with van der Waals surface area (Å²) in [7, 11) is 1.70. The van der Waals surface area contributed by atoms with E-state index < -0.39 is 0 Å². The van der Waals surface area contributed by atoms with Crippen molar-refractivity contribution in [2.75, 3.05) is 25.6 Å². The van der Waals surface area contributed by atoms with Crippen molar-refractivity contribution in [2.45, 2.75) is 13.8 Å². The summed E-state index contributed by atoms with van der Waals surface area (Å²) in [4.78, 5) is 4.59. The van der Waals surface area contributed by atoms with Crippen LogP contribution in [0.2, 0.25) is 0 Å². The molecule has 0 unspecified atom stereocenters. The zero-order chi connectivity index (χ0) is 13.0. The van der Waals surface area contributed by atoms with Crippen LogP contribution in [0.25, 0.3) is 11.3 Å². The van der Waals surface area contributed by atoms with E-state index in [9.17, 15) is 0 Å². The van der Waals surface area contributed by atoms with Gasteiger partial charge in [-0.25, -0.2) is 4.98 Å². The molecule has 0 radical (unpaired) electrons. The maximum atomic E-state index is 5.00. The van der Waals surface area contributed by atoms with E-state index in [0.717, 1.165) is 17.4 Å². The first-order valence-corrected chi connectivity index (χ1v) is 6.84. The summed E-state index contributed by atoms with van der Waals surface area (Å²) in [6, 6.07) is 6.51. The van der Waals surface area contributed by atoms with E-state index in [4.69, 9.17) is 4.74 Å². The summed E-state index contributed by atoms with van der Waals surface area (Å²) < 4.78 is 5.00. The third kappa shape index (κ3) is 3.31. The van der Waals surface area contributed by atoms with Crippen molar-refractivity contribution in [2.24, 2.45) is 0 Å². The Morgan fingerprint density at radius 3 is 2.61 bits per heavy atom. The molecule has 2 rings (SSSR count). The minimum absolute atomic E-state index is 0.693. The number of hydrogen-bond acceptors (Lipinski definition) is 4. The van der Waals surface area contributed by atoms with Gasteiger partial charge >= 0.3 is 0 Å². The maximum absolute atomic E-state index is 5.00. The Balaban J connectivity index is 2.13. The van der Waals surface area contributed by atoms with E-state index in [1.54, 1.807) is 18.4 Å². The van der Waals surface area contributed by atoms with Gasteiger partial charge in [0.05, 0.1) is 12.3 Å². The highest BCUT2D eigenvalue weighted by molar-refractivity contribution is 7.14. The van der Waals surface area contributed by atoms with Crippen LogP contribution in [0.5, 0.6) is 0 Å². The minimum Gasteiger partial charge on any atom is -0.383 e. The van der Waals surface area contributed by atoms with E-state index in [-0.39, 0.29) is 0 Å². The molecule has 0 aliphatic heterocycles. The molecular weight excluding hydrogens is 244 g/mol. The van der Waals surface area contributed by atoms with Crippen LogP contribution in [0.4, 0.5) is 5.13 Å². The van der Waals surface area contributed by atoms with Crippen molar-refractivity contribution in [3.8, 4) is 11.3 Å². The Kier molecular flexibility index (Phi) is 4.33. The zero-order valence-electron chi connectivity index (χ0n) is 11.0. The van der Waals surface area contributed by atoms with Gasteiger partial charge in [-0.2, -0.15) is 0 Å². The molecule has 0 fully saturated rings. The van der Waals surface area contributed by atoms with Gasteiger partial charge in [0.25, 0.3) is 0 Å². The number of methoxy groups -OCH3 is 1. The van der Waals surface area contributed by atoms with Crippen LogP contribution in [-0.2, 0) is 4.74 Å². The number of nitrogens with zero attached hydrogens (tertiary/aromatic N) is 1. The monoisotopic (exact) mass is 262 g/mol. The predicted molar refractivity (Wildman–Crippen MR) is 77.4 cm³/mol. The van der Waals surface area contributed by atoms with Crippen LogP contribution in [0, 0.1) is 13.8 Å². The molecule has 0 aliphatic carbocycles. The first-order chi connectivity index (χ1) is 8.69. The molecular formula is C14H18N2OS. The molecule has 1 aromatic heterocycles. The number of thiazole rings is 1. The van der Waals surface area contributed by atoms with E-state index in [1.807, 2.05) is 0 Å². The first kappa shape index (κ1) is 13.1. The number of hydrogen-bond donors (Lipinski definition) is 1. The third-order valence-electron chi connectivity index (χ3n) is 2.60. The molecule has 3 nitrogen and oxygen atoms in total. The summed E-state index contributed by atoms with van der Waals surface area (Å²) in [5.41, 5.74) is 4.76. The summed E-state index contributed by atoms with van der Waals surface area (Å²) in [5, 5.41) is 6.28. The summed E-state index contributed by atoms with van der Waals surface area (Å²) in [5.74, 6) is 0. The van der Waals surface area contributed by atoms with Gasteiger partial charge in [-0.15, -0.1) is 11.3 Å². The Morgan fingerprint density at radius 1 is 1.22 bits per heavy atom. The van der Waals surface area contributed by atoms with E-state index in [1.165, 1.54) is 16.7 Å². The van der Waals surface area contributed by atoms with E-state index >= 15 is 0 Å². The van der Waals surface area contributed by atoms with Crippen molar-refractivity contribution in [3.63, 3.8) is 0 Å². The average Bonchev–Trinajstić information content (AvgIpc) is 2.77. The van der Waals surface area contributed by atoms with Crippen LogP contribution < -0.4 is 5.32 Å². The highest BCUT2D eigenvalue weighted by Gasteiger charge is 2.05. The molecule has 0 aliphatic rings. The molecule has 18 heavy (non-hydrogen) atoms. The average molecular weight is 262 g/mol. The van der Waals surface area contributed by atoms with Gasteiger partial charge in [0.1, 0.15) is 0 Å². The van der Waals surface area contributed by atoms with Crippen LogP contribution in [0.15, 0.2) is 23.6 Å². The predicted octanol–water partition coefficient (Wildman–Crippen LogP) is 3.49. The van der Waals surface area contributed by atoms with E-state index in [2.05, 4.69) is 47.7 Å². The molecule has 0 atom stereocenters. The first-order valence-electron chi connectivity index (χ1n) is 5.96. The molecule has 2 aromatic rings. The van der Waals surface area contributed by atoms with Gasteiger partial charge < -0.3 is 10.1 Å².